The molecule has 0 spiro atoms. The number of halogens is 3. The Bertz CT molecular complexity index is 837. The Labute approximate surface area is 142 Å². The topological polar surface area (TPSA) is 44.8 Å². The molecule has 1 N–H and O–H groups in total. The normalized spacial score (nSPS) is 18.9. The third kappa shape index (κ3) is 3.37. The molecule has 7 heteroatoms. The number of hydrogen-bond donors (Lipinski definition) is 1. The number of H-pyrrole nitrogens is 1. The van der Waals surface area contributed by atoms with Crippen LogP contribution >= 0.6 is 0 Å². The number of benzene rings is 1. The Hall–Kier alpha value is -2.41. The molecule has 2 aromatic heterocycles. The first-order chi connectivity index (χ1) is 12.0. The fraction of sp³-hybridized carbons (Fsp3) is 0.333. The molecule has 4 rings (SSSR count). The van der Waals surface area contributed by atoms with E-state index in [0.717, 1.165) is 54.2 Å². The van der Waals surface area contributed by atoms with Gasteiger partial charge in [-0.05, 0) is 42.8 Å². The quantitative estimate of drug-likeness (QED) is 0.781. The predicted molar refractivity (Wildman–Crippen MR) is 88.0 cm³/mol. The van der Waals surface area contributed by atoms with Crippen molar-refractivity contribution in [2.75, 3.05) is 13.1 Å². The summed E-state index contributed by atoms with van der Waals surface area (Å²) in [6, 6.07) is 9.23. The number of hydrogen-bond acceptors (Lipinski definition) is 3. The Morgan fingerprint density at radius 2 is 1.96 bits per heavy atom. The number of rotatable bonds is 3. The summed E-state index contributed by atoms with van der Waals surface area (Å²) >= 11 is 0. The van der Waals surface area contributed by atoms with Crippen LogP contribution in [-0.2, 0) is 12.7 Å². The molecular weight excluding hydrogens is 329 g/mol. The van der Waals surface area contributed by atoms with E-state index in [1.165, 1.54) is 0 Å². The van der Waals surface area contributed by atoms with Crippen molar-refractivity contribution in [3.63, 3.8) is 0 Å². The van der Waals surface area contributed by atoms with Crippen molar-refractivity contribution in [3.8, 4) is 0 Å². The SMILES string of the molecule is FC(F)(F)c1ccc(CN2CC[C@H](c3nc4ncccc4[nH]3)C2)cc1. The molecule has 1 saturated heterocycles. The van der Waals surface area contributed by atoms with Crippen LogP contribution in [-0.4, -0.2) is 32.9 Å². The third-order valence-electron chi connectivity index (χ3n) is 4.62. The number of pyridine rings is 1. The maximum Gasteiger partial charge on any atom is 0.416 e. The molecule has 130 valence electrons. The van der Waals surface area contributed by atoms with Crippen LogP contribution in [0.5, 0.6) is 0 Å². The molecule has 0 bridgehead atoms. The van der Waals surface area contributed by atoms with Gasteiger partial charge in [-0.2, -0.15) is 13.2 Å². The molecule has 0 saturated carbocycles. The Kier molecular flexibility index (Phi) is 3.95. The summed E-state index contributed by atoms with van der Waals surface area (Å²) in [5.74, 6) is 1.23. The third-order valence-corrected chi connectivity index (χ3v) is 4.62. The zero-order valence-corrected chi connectivity index (χ0v) is 13.4. The lowest BCUT2D eigenvalue weighted by Crippen LogP contribution is -2.20. The molecule has 4 nitrogen and oxygen atoms in total. The molecule has 1 aliphatic rings. The van der Waals surface area contributed by atoms with Gasteiger partial charge in [-0.3, -0.25) is 4.90 Å². The van der Waals surface area contributed by atoms with Crippen molar-refractivity contribution in [1.29, 1.82) is 0 Å². The van der Waals surface area contributed by atoms with Crippen LogP contribution in [0, 0.1) is 0 Å². The number of alkyl halides is 3. The van der Waals surface area contributed by atoms with Gasteiger partial charge in [0.15, 0.2) is 5.65 Å². The summed E-state index contributed by atoms with van der Waals surface area (Å²) in [4.78, 5) is 14.4. The summed E-state index contributed by atoms with van der Waals surface area (Å²) in [5.41, 5.74) is 1.93. The summed E-state index contributed by atoms with van der Waals surface area (Å²) in [6.07, 6.45) is -1.59. The van der Waals surface area contributed by atoms with Crippen LogP contribution in [0.1, 0.15) is 29.3 Å². The van der Waals surface area contributed by atoms with Gasteiger partial charge in [-0.1, -0.05) is 12.1 Å². The molecule has 3 aromatic rings. The van der Waals surface area contributed by atoms with Crippen LogP contribution in [0.3, 0.4) is 0 Å². The number of nitrogens with one attached hydrogen (secondary N) is 1. The smallest absolute Gasteiger partial charge is 0.340 e. The van der Waals surface area contributed by atoms with Crippen molar-refractivity contribution in [2.45, 2.75) is 25.1 Å². The molecular formula is C18H17F3N4. The first-order valence-electron chi connectivity index (χ1n) is 8.18. The number of imidazole rings is 1. The van der Waals surface area contributed by atoms with E-state index in [2.05, 4.69) is 19.9 Å². The summed E-state index contributed by atoms with van der Waals surface area (Å²) in [6.45, 7) is 2.38. The minimum Gasteiger partial charge on any atom is -0.340 e. The van der Waals surface area contributed by atoms with Gasteiger partial charge in [0.25, 0.3) is 0 Å². The average molecular weight is 346 g/mol. The first-order valence-corrected chi connectivity index (χ1v) is 8.18. The minimum atomic E-state index is -4.29. The lowest BCUT2D eigenvalue weighted by molar-refractivity contribution is -0.137. The summed E-state index contributed by atoms with van der Waals surface area (Å²) in [5, 5.41) is 0. The summed E-state index contributed by atoms with van der Waals surface area (Å²) < 4.78 is 37.9. The maximum absolute atomic E-state index is 12.6. The maximum atomic E-state index is 12.6. The lowest BCUT2D eigenvalue weighted by atomic mass is 10.1. The second-order valence-corrected chi connectivity index (χ2v) is 6.41. The number of fused-ring (bicyclic) bond motifs is 1. The second-order valence-electron chi connectivity index (χ2n) is 6.41. The molecule has 25 heavy (non-hydrogen) atoms. The van der Waals surface area contributed by atoms with E-state index >= 15 is 0 Å². The average Bonchev–Trinajstić information content (AvgIpc) is 3.20. The Morgan fingerprint density at radius 1 is 1.16 bits per heavy atom. The van der Waals surface area contributed by atoms with Gasteiger partial charge in [0, 0.05) is 25.2 Å². The van der Waals surface area contributed by atoms with Gasteiger partial charge in [0.2, 0.25) is 0 Å². The van der Waals surface area contributed by atoms with Gasteiger partial charge < -0.3 is 4.98 Å². The van der Waals surface area contributed by atoms with Crippen molar-refractivity contribution in [1.82, 2.24) is 19.9 Å². The molecule has 1 atom stereocenters. The van der Waals surface area contributed by atoms with Gasteiger partial charge >= 0.3 is 6.18 Å². The van der Waals surface area contributed by atoms with Crippen molar-refractivity contribution < 1.29 is 13.2 Å². The minimum absolute atomic E-state index is 0.295. The van der Waals surface area contributed by atoms with Crippen LogP contribution < -0.4 is 0 Å². The molecule has 0 aliphatic carbocycles. The number of likely N-dealkylation sites (tertiary alicyclic amines) is 1. The number of nitrogens with zero attached hydrogens (tertiary/aromatic N) is 3. The Balaban J connectivity index is 1.42. The largest absolute Gasteiger partial charge is 0.416 e. The molecule has 0 unspecified atom stereocenters. The van der Waals surface area contributed by atoms with E-state index in [0.29, 0.717) is 12.5 Å². The van der Waals surface area contributed by atoms with Crippen molar-refractivity contribution in [3.05, 3.63) is 59.5 Å². The van der Waals surface area contributed by atoms with E-state index in [1.807, 2.05) is 12.1 Å². The van der Waals surface area contributed by atoms with Crippen LogP contribution in [0.15, 0.2) is 42.6 Å². The van der Waals surface area contributed by atoms with Gasteiger partial charge in [-0.25, -0.2) is 9.97 Å². The van der Waals surface area contributed by atoms with Gasteiger partial charge in [-0.15, -0.1) is 0 Å². The van der Waals surface area contributed by atoms with E-state index < -0.39 is 11.7 Å². The highest BCUT2D eigenvalue weighted by Gasteiger charge is 2.30. The molecule has 1 fully saturated rings. The van der Waals surface area contributed by atoms with Crippen LogP contribution in [0.4, 0.5) is 13.2 Å². The monoisotopic (exact) mass is 346 g/mol. The van der Waals surface area contributed by atoms with Gasteiger partial charge in [0.1, 0.15) is 5.82 Å². The fourth-order valence-corrected chi connectivity index (χ4v) is 3.31. The molecule has 1 aromatic carbocycles. The lowest BCUT2D eigenvalue weighted by Gasteiger charge is -2.16. The highest BCUT2D eigenvalue weighted by Crippen LogP contribution is 2.30. The zero-order valence-electron chi connectivity index (χ0n) is 13.4. The second kappa shape index (κ2) is 6.15. The number of aromatic nitrogens is 3. The fourth-order valence-electron chi connectivity index (χ4n) is 3.31. The number of aromatic amines is 1. The zero-order chi connectivity index (χ0) is 17.4. The first kappa shape index (κ1) is 16.1. The highest BCUT2D eigenvalue weighted by molar-refractivity contribution is 5.70. The molecule has 1 aliphatic heterocycles. The van der Waals surface area contributed by atoms with E-state index in [1.54, 1.807) is 18.3 Å². The van der Waals surface area contributed by atoms with E-state index in [4.69, 9.17) is 0 Å². The van der Waals surface area contributed by atoms with Crippen LogP contribution in [0.2, 0.25) is 0 Å². The van der Waals surface area contributed by atoms with Crippen molar-refractivity contribution in [2.24, 2.45) is 0 Å². The molecule has 0 amide bonds. The standard InChI is InChI=1S/C18H17F3N4/c19-18(20,21)14-5-3-12(4-6-14)10-25-9-7-13(11-25)16-23-15-2-1-8-22-17(15)24-16/h1-6,8,13H,7,9-11H2,(H,22,23,24)/t13-/m0/s1. The highest BCUT2D eigenvalue weighted by atomic mass is 19.4. The molecule has 3 heterocycles. The van der Waals surface area contributed by atoms with E-state index in [9.17, 15) is 13.2 Å². The predicted octanol–water partition coefficient (Wildman–Crippen LogP) is 3.97. The van der Waals surface area contributed by atoms with Gasteiger partial charge in [0.05, 0.1) is 11.1 Å². The van der Waals surface area contributed by atoms with Crippen molar-refractivity contribution >= 4 is 11.2 Å². The summed E-state index contributed by atoms with van der Waals surface area (Å²) in [7, 11) is 0. The van der Waals surface area contributed by atoms with Crippen LogP contribution in [0.25, 0.3) is 11.2 Å². The van der Waals surface area contributed by atoms with E-state index in [-0.39, 0.29) is 0 Å². The molecule has 0 radical (unpaired) electrons. The Morgan fingerprint density at radius 3 is 2.68 bits per heavy atom.